The lowest BCUT2D eigenvalue weighted by Crippen LogP contribution is -2.27. The van der Waals surface area contributed by atoms with Gasteiger partial charge in [-0.1, -0.05) is 127 Å². The van der Waals surface area contributed by atoms with Gasteiger partial charge in [0.15, 0.2) is 6.23 Å². The average molecular weight is 649 g/mol. The summed E-state index contributed by atoms with van der Waals surface area (Å²) in [5.41, 5.74) is 13.5. The van der Waals surface area contributed by atoms with Gasteiger partial charge in [0.1, 0.15) is 17.0 Å². The third-order valence-corrected chi connectivity index (χ3v) is 9.43. The highest BCUT2D eigenvalue weighted by atomic mass is 16.5. The largest absolute Gasteiger partial charge is 0.456 e. The molecule has 50 heavy (non-hydrogen) atoms. The molecule has 0 saturated carbocycles. The second kappa shape index (κ2) is 12.2. The van der Waals surface area contributed by atoms with Crippen LogP contribution in [0.2, 0.25) is 0 Å². The van der Waals surface area contributed by atoms with Crippen molar-refractivity contribution in [3.05, 3.63) is 186 Å². The molecule has 240 valence electrons. The Morgan fingerprint density at radius 3 is 2.32 bits per heavy atom. The lowest BCUT2D eigenvalue weighted by atomic mass is 9.95. The summed E-state index contributed by atoms with van der Waals surface area (Å²) in [6.45, 7) is 0. The van der Waals surface area contributed by atoms with Crippen LogP contribution in [0, 0.1) is 5.41 Å². The van der Waals surface area contributed by atoms with E-state index < -0.39 is 6.23 Å². The van der Waals surface area contributed by atoms with E-state index in [1.165, 1.54) is 10.8 Å². The van der Waals surface area contributed by atoms with Crippen LogP contribution in [0.15, 0.2) is 167 Å². The van der Waals surface area contributed by atoms with Crippen LogP contribution in [-0.2, 0) is 4.74 Å². The Kier molecular flexibility index (Phi) is 7.22. The molecule has 7 aromatic carbocycles. The lowest BCUT2D eigenvalue weighted by Gasteiger charge is -2.24. The van der Waals surface area contributed by atoms with Gasteiger partial charge in [-0.25, -0.2) is 0 Å². The second-order valence-corrected chi connectivity index (χ2v) is 12.5. The van der Waals surface area contributed by atoms with Crippen LogP contribution in [0.4, 0.5) is 0 Å². The molecular formula is C44H32N4O2. The molecule has 6 heteroatoms. The van der Waals surface area contributed by atoms with Crippen molar-refractivity contribution in [3.8, 4) is 0 Å². The summed E-state index contributed by atoms with van der Waals surface area (Å²) in [4.78, 5) is 5.20. The molecule has 2 atom stereocenters. The van der Waals surface area contributed by atoms with Crippen LogP contribution in [0.25, 0.3) is 49.2 Å². The molecule has 1 aliphatic rings. The minimum atomic E-state index is -0.882. The zero-order chi connectivity index (χ0) is 33.6. The minimum Gasteiger partial charge on any atom is -0.456 e. The van der Waals surface area contributed by atoms with E-state index in [1.54, 1.807) is 0 Å². The lowest BCUT2D eigenvalue weighted by molar-refractivity contribution is 0.199. The number of ether oxygens (including phenoxy) is 1. The SMILES string of the molecule is N=C(OC(N)c1cccc2c1oc1ccccc12)c1ccc2ccc(C3=CC(c4cccc5ccccc45)N=C(c4ccccc4)N3)cc2c1. The highest BCUT2D eigenvalue weighted by molar-refractivity contribution is 6.07. The summed E-state index contributed by atoms with van der Waals surface area (Å²) >= 11 is 0. The average Bonchev–Trinajstić information content (AvgIpc) is 3.56. The number of benzene rings is 7. The molecular weight excluding hydrogens is 617 g/mol. The summed E-state index contributed by atoms with van der Waals surface area (Å²) < 4.78 is 12.2. The molecule has 0 radical (unpaired) electrons. The van der Waals surface area contributed by atoms with Gasteiger partial charge in [0, 0.05) is 27.6 Å². The van der Waals surface area contributed by atoms with E-state index >= 15 is 0 Å². The number of fused-ring (bicyclic) bond motifs is 5. The van der Waals surface area contributed by atoms with E-state index in [-0.39, 0.29) is 11.9 Å². The molecule has 2 heterocycles. The number of hydrogen-bond donors (Lipinski definition) is 3. The summed E-state index contributed by atoms with van der Waals surface area (Å²) in [6, 6.07) is 50.9. The highest BCUT2D eigenvalue weighted by Crippen LogP contribution is 2.35. The van der Waals surface area contributed by atoms with Crippen LogP contribution >= 0.6 is 0 Å². The number of nitrogens with zero attached hydrogens (tertiary/aromatic N) is 1. The fraction of sp³-hybridized carbons (Fsp3) is 0.0455. The molecule has 0 amide bonds. The first-order valence-electron chi connectivity index (χ1n) is 16.6. The van der Waals surface area contributed by atoms with Gasteiger partial charge in [0.05, 0.1) is 11.6 Å². The number of para-hydroxylation sites is 2. The molecule has 1 aliphatic heterocycles. The molecule has 2 unspecified atom stereocenters. The number of hydrogen-bond acceptors (Lipinski definition) is 6. The van der Waals surface area contributed by atoms with Crippen LogP contribution < -0.4 is 11.1 Å². The van der Waals surface area contributed by atoms with Gasteiger partial charge in [-0.05, 0) is 63.0 Å². The summed E-state index contributed by atoms with van der Waals surface area (Å²) in [7, 11) is 0. The number of nitrogens with two attached hydrogens (primary N) is 1. The Morgan fingerprint density at radius 1 is 0.680 bits per heavy atom. The first-order chi connectivity index (χ1) is 24.6. The summed E-state index contributed by atoms with van der Waals surface area (Å²) in [5.74, 6) is 0.806. The molecule has 0 saturated heterocycles. The van der Waals surface area contributed by atoms with Crippen molar-refractivity contribution in [2.24, 2.45) is 10.7 Å². The maximum Gasteiger partial charge on any atom is 0.215 e. The predicted molar refractivity (Wildman–Crippen MR) is 203 cm³/mol. The van der Waals surface area contributed by atoms with Gasteiger partial charge in [-0.2, -0.15) is 0 Å². The van der Waals surface area contributed by atoms with Crippen molar-refractivity contribution in [3.63, 3.8) is 0 Å². The zero-order valence-electron chi connectivity index (χ0n) is 27.0. The number of amidine groups is 1. The Labute approximate surface area is 288 Å². The second-order valence-electron chi connectivity index (χ2n) is 12.5. The van der Waals surface area contributed by atoms with Gasteiger partial charge in [-0.3, -0.25) is 16.1 Å². The fourth-order valence-corrected chi connectivity index (χ4v) is 6.92. The molecule has 0 fully saturated rings. The van der Waals surface area contributed by atoms with Gasteiger partial charge in [0.25, 0.3) is 0 Å². The van der Waals surface area contributed by atoms with Gasteiger partial charge >= 0.3 is 0 Å². The van der Waals surface area contributed by atoms with Crippen molar-refractivity contribution in [1.82, 2.24) is 5.32 Å². The molecule has 1 aromatic heterocycles. The van der Waals surface area contributed by atoms with E-state index in [0.717, 1.165) is 55.4 Å². The molecule has 0 bridgehead atoms. The molecule has 0 aliphatic carbocycles. The van der Waals surface area contributed by atoms with Crippen molar-refractivity contribution in [2.45, 2.75) is 12.3 Å². The van der Waals surface area contributed by atoms with E-state index in [1.807, 2.05) is 78.9 Å². The number of rotatable bonds is 6. The van der Waals surface area contributed by atoms with Gasteiger partial charge in [-0.15, -0.1) is 0 Å². The minimum absolute atomic E-state index is 0.0116. The van der Waals surface area contributed by atoms with Crippen LogP contribution in [0.3, 0.4) is 0 Å². The smallest absolute Gasteiger partial charge is 0.215 e. The Bertz CT molecular complexity index is 2650. The monoisotopic (exact) mass is 648 g/mol. The zero-order valence-corrected chi connectivity index (χ0v) is 27.0. The molecule has 0 spiro atoms. The number of aliphatic imine (C=N–C) groups is 1. The molecule has 4 N–H and O–H groups in total. The van der Waals surface area contributed by atoms with Crippen molar-refractivity contribution < 1.29 is 9.15 Å². The van der Waals surface area contributed by atoms with E-state index in [9.17, 15) is 0 Å². The van der Waals surface area contributed by atoms with Crippen molar-refractivity contribution in [1.29, 1.82) is 5.41 Å². The van der Waals surface area contributed by atoms with Crippen LogP contribution in [0.5, 0.6) is 0 Å². The van der Waals surface area contributed by atoms with Crippen LogP contribution in [0.1, 0.15) is 40.1 Å². The third-order valence-electron chi connectivity index (χ3n) is 9.43. The first kappa shape index (κ1) is 29.6. The van der Waals surface area contributed by atoms with Gasteiger partial charge in [0.2, 0.25) is 5.90 Å². The highest BCUT2D eigenvalue weighted by Gasteiger charge is 2.22. The van der Waals surface area contributed by atoms with E-state index in [4.69, 9.17) is 25.3 Å². The number of furan rings is 1. The maximum absolute atomic E-state index is 8.89. The Hall–Kier alpha value is -6.50. The van der Waals surface area contributed by atoms with E-state index in [0.29, 0.717) is 16.7 Å². The Morgan fingerprint density at radius 2 is 1.42 bits per heavy atom. The molecule has 6 nitrogen and oxygen atoms in total. The Balaban J connectivity index is 1.05. The standard InChI is InChI=1S/C44H32N4O2/c45-42(50-43(46)37-18-9-17-36-35-15-6-7-19-40(35)49-41(36)37)31-23-21-27-20-22-30(24-32(27)25-31)38-26-39(48-44(47-38)29-11-2-1-3-12-29)34-16-8-13-28-10-4-5-14-33(28)34/h1-26,39,43,45H,46H2,(H,47,48). The topological polar surface area (TPSA) is 96.6 Å². The predicted octanol–water partition coefficient (Wildman–Crippen LogP) is 10.0. The summed E-state index contributed by atoms with van der Waals surface area (Å²) in [6.07, 6.45) is 1.31. The molecule has 8 aromatic rings. The van der Waals surface area contributed by atoms with Crippen molar-refractivity contribution >= 4 is 60.9 Å². The quantitative estimate of drug-likeness (QED) is 0.0950. The van der Waals surface area contributed by atoms with Crippen molar-refractivity contribution in [2.75, 3.05) is 0 Å². The summed E-state index contributed by atoms with van der Waals surface area (Å²) in [5, 5.41) is 18.9. The molecule has 9 rings (SSSR count). The number of nitrogens with one attached hydrogen (secondary N) is 2. The van der Waals surface area contributed by atoms with Crippen LogP contribution in [-0.4, -0.2) is 11.7 Å². The normalized spacial score (nSPS) is 15.1. The maximum atomic E-state index is 8.89. The fourth-order valence-electron chi connectivity index (χ4n) is 6.92. The van der Waals surface area contributed by atoms with Gasteiger partial charge < -0.3 is 14.5 Å². The first-order valence-corrected chi connectivity index (χ1v) is 16.6. The third kappa shape index (κ3) is 5.28. The van der Waals surface area contributed by atoms with E-state index in [2.05, 4.69) is 84.2 Å².